The van der Waals surface area contributed by atoms with Crippen LogP contribution in [-0.2, 0) is 6.54 Å². The van der Waals surface area contributed by atoms with E-state index in [1.807, 2.05) is 35.7 Å². The van der Waals surface area contributed by atoms with Gasteiger partial charge in [-0.05, 0) is 24.1 Å². The maximum absolute atomic E-state index is 12.4. The summed E-state index contributed by atoms with van der Waals surface area (Å²) in [5, 5.41) is 8.14. The number of nitrogens with one attached hydrogen (secondary N) is 2. The van der Waals surface area contributed by atoms with E-state index < -0.39 is 0 Å². The molecule has 1 saturated heterocycles. The zero-order valence-electron chi connectivity index (χ0n) is 14.6. The molecule has 2 aromatic rings. The van der Waals surface area contributed by atoms with Gasteiger partial charge in [-0.1, -0.05) is 36.4 Å². The predicted octanol–water partition coefficient (Wildman–Crippen LogP) is 2.54. The molecule has 2 N–H and O–H groups in total. The van der Waals surface area contributed by atoms with Crippen molar-refractivity contribution < 1.29 is 4.79 Å². The number of benzene rings is 1. The number of hydrogen-bond donors (Lipinski definition) is 2. The molecule has 1 aliphatic rings. The molecule has 1 atom stereocenters. The lowest BCUT2D eigenvalue weighted by Gasteiger charge is -2.35. The van der Waals surface area contributed by atoms with Crippen molar-refractivity contribution >= 4 is 17.4 Å². The number of likely N-dealkylation sites (N-methyl/N-ethyl adjacent to an activating group) is 1. The molecule has 0 bridgehead atoms. The highest BCUT2D eigenvalue weighted by molar-refractivity contribution is 7.09. The summed E-state index contributed by atoms with van der Waals surface area (Å²) in [7, 11) is 2.16. The van der Waals surface area contributed by atoms with E-state index in [9.17, 15) is 4.79 Å². The Morgan fingerprint density at radius 3 is 2.56 bits per heavy atom. The van der Waals surface area contributed by atoms with E-state index in [1.54, 1.807) is 11.3 Å². The lowest BCUT2D eigenvalue weighted by molar-refractivity contribution is 0.142. The third kappa shape index (κ3) is 5.56. The minimum atomic E-state index is -0.114. The van der Waals surface area contributed by atoms with Crippen LogP contribution in [0, 0.1) is 0 Å². The van der Waals surface area contributed by atoms with Crippen LogP contribution in [0.3, 0.4) is 0 Å². The summed E-state index contributed by atoms with van der Waals surface area (Å²) >= 11 is 1.65. The molecule has 1 fully saturated rings. The standard InChI is InChI=1S/C19H26N4OS/c1-22-9-11-23(12-10-22)15-18(16-6-3-2-4-7-16)21-19(24)20-14-17-8-5-13-25-17/h2-8,13,18H,9-12,14-15H2,1H3,(H2,20,21,24). The van der Waals surface area contributed by atoms with Crippen LogP contribution in [0.15, 0.2) is 47.8 Å². The number of piperazine rings is 1. The molecule has 2 heterocycles. The van der Waals surface area contributed by atoms with Crippen LogP contribution in [0.4, 0.5) is 4.79 Å². The number of hydrogen-bond acceptors (Lipinski definition) is 4. The van der Waals surface area contributed by atoms with Gasteiger partial charge in [0.15, 0.2) is 0 Å². The first kappa shape index (κ1) is 17.9. The van der Waals surface area contributed by atoms with E-state index in [2.05, 4.69) is 39.6 Å². The van der Waals surface area contributed by atoms with Crippen molar-refractivity contribution in [3.05, 3.63) is 58.3 Å². The van der Waals surface area contributed by atoms with Crippen LogP contribution in [-0.4, -0.2) is 55.6 Å². The smallest absolute Gasteiger partial charge is 0.315 e. The average Bonchev–Trinajstić information content (AvgIpc) is 3.16. The van der Waals surface area contributed by atoms with Crippen LogP contribution in [0.1, 0.15) is 16.5 Å². The Bertz CT molecular complexity index is 639. The predicted molar refractivity (Wildman–Crippen MR) is 103 cm³/mol. The first-order chi connectivity index (χ1) is 12.2. The average molecular weight is 359 g/mol. The Morgan fingerprint density at radius 1 is 1.12 bits per heavy atom. The maximum Gasteiger partial charge on any atom is 0.315 e. The molecule has 134 valence electrons. The highest BCUT2D eigenvalue weighted by atomic mass is 32.1. The van der Waals surface area contributed by atoms with Crippen molar-refractivity contribution in [1.29, 1.82) is 0 Å². The Labute approximate surface area is 153 Å². The van der Waals surface area contributed by atoms with Crippen LogP contribution < -0.4 is 10.6 Å². The number of urea groups is 1. The molecule has 0 aliphatic carbocycles. The second kappa shape index (κ2) is 8.99. The van der Waals surface area contributed by atoms with E-state index in [4.69, 9.17) is 0 Å². The molecule has 25 heavy (non-hydrogen) atoms. The maximum atomic E-state index is 12.4. The number of amides is 2. The van der Waals surface area contributed by atoms with Gasteiger partial charge in [0, 0.05) is 37.6 Å². The summed E-state index contributed by atoms with van der Waals surface area (Å²) in [5.74, 6) is 0. The number of thiophene rings is 1. The summed E-state index contributed by atoms with van der Waals surface area (Å²) in [6.07, 6.45) is 0. The lowest BCUT2D eigenvalue weighted by atomic mass is 10.1. The molecule has 1 aromatic heterocycles. The van der Waals surface area contributed by atoms with Crippen molar-refractivity contribution in [2.75, 3.05) is 39.8 Å². The van der Waals surface area contributed by atoms with Gasteiger partial charge in [0.25, 0.3) is 0 Å². The summed E-state index contributed by atoms with van der Waals surface area (Å²) < 4.78 is 0. The largest absolute Gasteiger partial charge is 0.333 e. The molecule has 2 amide bonds. The van der Waals surface area contributed by atoms with Crippen LogP contribution in [0.25, 0.3) is 0 Å². The molecule has 1 aliphatic heterocycles. The Hall–Kier alpha value is -1.89. The summed E-state index contributed by atoms with van der Waals surface area (Å²) in [6, 6.07) is 14.1. The van der Waals surface area contributed by atoms with Crippen LogP contribution in [0.5, 0.6) is 0 Å². The number of carbonyl (C=O) groups excluding carboxylic acids is 1. The second-order valence-corrected chi connectivity index (χ2v) is 7.51. The number of carbonyl (C=O) groups is 1. The quantitative estimate of drug-likeness (QED) is 0.834. The highest BCUT2D eigenvalue weighted by Gasteiger charge is 2.21. The van der Waals surface area contributed by atoms with E-state index in [1.165, 1.54) is 0 Å². The lowest BCUT2D eigenvalue weighted by Crippen LogP contribution is -2.48. The van der Waals surface area contributed by atoms with Gasteiger partial charge in [-0.15, -0.1) is 11.3 Å². The zero-order valence-corrected chi connectivity index (χ0v) is 15.5. The molecule has 0 radical (unpaired) electrons. The fourth-order valence-corrected chi connectivity index (χ4v) is 3.64. The van der Waals surface area contributed by atoms with Gasteiger partial charge in [0.05, 0.1) is 12.6 Å². The minimum absolute atomic E-state index is 0.00654. The number of nitrogens with zero attached hydrogens (tertiary/aromatic N) is 2. The van der Waals surface area contributed by atoms with Gasteiger partial charge in [0.1, 0.15) is 0 Å². The van der Waals surface area contributed by atoms with E-state index in [0.717, 1.165) is 43.2 Å². The van der Waals surface area contributed by atoms with E-state index in [-0.39, 0.29) is 12.1 Å². The van der Waals surface area contributed by atoms with E-state index >= 15 is 0 Å². The van der Waals surface area contributed by atoms with Gasteiger partial charge >= 0.3 is 6.03 Å². The van der Waals surface area contributed by atoms with Crippen molar-refractivity contribution in [3.63, 3.8) is 0 Å². The van der Waals surface area contributed by atoms with Crippen LogP contribution >= 0.6 is 11.3 Å². The molecular formula is C19H26N4OS. The fourth-order valence-electron chi connectivity index (χ4n) is 3.00. The molecule has 5 nitrogen and oxygen atoms in total. The molecule has 3 rings (SSSR count). The van der Waals surface area contributed by atoms with Gasteiger partial charge < -0.3 is 15.5 Å². The summed E-state index contributed by atoms with van der Waals surface area (Å²) in [4.78, 5) is 18.3. The Balaban J connectivity index is 1.59. The monoisotopic (exact) mass is 358 g/mol. The van der Waals surface area contributed by atoms with Crippen molar-refractivity contribution in [3.8, 4) is 0 Å². The second-order valence-electron chi connectivity index (χ2n) is 6.47. The van der Waals surface area contributed by atoms with Gasteiger partial charge in [-0.3, -0.25) is 4.90 Å². The topological polar surface area (TPSA) is 47.6 Å². The first-order valence-electron chi connectivity index (χ1n) is 8.73. The molecule has 6 heteroatoms. The molecule has 0 spiro atoms. The molecule has 1 unspecified atom stereocenters. The minimum Gasteiger partial charge on any atom is -0.333 e. The third-order valence-electron chi connectivity index (χ3n) is 4.55. The SMILES string of the molecule is CN1CCN(CC(NC(=O)NCc2cccs2)c2ccccc2)CC1. The normalized spacial score (nSPS) is 17.2. The van der Waals surface area contributed by atoms with Crippen molar-refractivity contribution in [1.82, 2.24) is 20.4 Å². The molecule has 1 aromatic carbocycles. The van der Waals surface area contributed by atoms with Gasteiger partial charge in [-0.25, -0.2) is 4.79 Å². The number of rotatable bonds is 6. The van der Waals surface area contributed by atoms with E-state index in [0.29, 0.717) is 6.54 Å². The van der Waals surface area contributed by atoms with Crippen molar-refractivity contribution in [2.45, 2.75) is 12.6 Å². The Kier molecular flexibility index (Phi) is 6.44. The zero-order chi connectivity index (χ0) is 17.5. The van der Waals surface area contributed by atoms with Crippen molar-refractivity contribution in [2.24, 2.45) is 0 Å². The fraction of sp³-hybridized carbons (Fsp3) is 0.421. The molecule has 0 saturated carbocycles. The van der Waals surface area contributed by atoms with Gasteiger partial charge in [-0.2, -0.15) is 0 Å². The Morgan fingerprint density at radius 2 is 1.88 bits per heavy atom. The first-order valence-corrected chi connectivity index (χ1v) is 9.61. The van der Waals surface area contributed by atoms with Gasteiger partial charge in [0.2, 0.25) is 0 Å². The van der Waals surface area contributed by atoms with Crippen LogP contribution in [0.2, 0.25) is 0 Å². The summed E-state index contributed by atoms with van der Waals surface area (Å²) in [6.45, 7) is 5.64. The highest BCUT2D eigenvalue weighted by Crippen LogP contribution is 2.15. The molecular weight excluding hydrogens is 332 g/mol. The summed E-state index contributed by atoms with van der Waals surface area (Å²) in [5.41, 5.74) is 1.15. The third-order valence-corrected chi connectivity index (χ3v) is 5.42.